The van der Waals surface area contributed by atoms with Crippen molar-refractivity contribution < 1.29 is 0 Å². The van der Waals surface area contributed by atoms with E-state index in [2.05, 4.69) is 10.4 Å². The van der Waals surface area contributed by atoms with E-state index >= 15 is 0 Å². The average molecular weight is 200 g/mol. The number of aromatic nitrogens is 2. The van der Waals surface area contributed by atoms with Crippen LogP contribution in [-0.4, -0.2) is 16.8 Å². The van der Waals surface area contributed by atoms with E-state index in [4.69, 9.17) is 11.6 Å². The van der Waals surface area contributed by atoms with Crippen molar-refractivity contribution in [3.8, 4) is 0 Å². The van der Waals surface area contributed by atoms with Crippen molar-refractivity contribution in [1.29, 1.82) is 0 Å². The fraction of sp³-hybridized carbons (Fsp3) is 0.667. The van der Waals surface area contributed by atoms with E-state index in [9.17, 15) is 0 Å². The topological polar surface area (TPSA) is 29.9 Å². The van der Waals surface area contributed by atoms with Gasteiger partial charge in [-0.25, -0.2) is 0 Å². The highest BCUT2D eigenvalue weighted by Crippen LogP contribution is 2.48. The first kappa shape index (κ1) is 9.03. The van der Waals surface area contributed by atoms with Crippen LogP contribution in [0, 0.1) is 6.92 Å². The summed E-state index contributed by atoms with van der Waals surface area (Å²) in [6.07, 6.45) is 2.32. The number of hydrogen-bond acceptors (Lipinski definition) is 2. The summed E-state index contributed by atoms with van der Waals surface area (Å²) in [4.78, 5) is 0. The predicted molar refractivity (Wildman–Crippen MR) is 52.9 cm³/mol. The molecule has 1 N–H and O–H groups in total. The molecule has 1 heterocycles. The molecule has 1 fully saturated rings. The van der Waals surface area contributed by atoms with Crippen molar-refractivity contribution in [2.24, 2.45) is 7.05 Å². The highest BCUT2D eigenvalue weighted by Gasteiger charge is 2.46. The van der Waals surface area contributed by atoms with Gasteiger partial charge >= 0.3 is 0 Å². The minimum Gasteiger partial charge on any atom is -0.310 e. The summed E-state index contributed by atoms with van der Waals surface area (Å²) >= 11 is 6.18. The molecule has 4 heteroatoms. The van der Waals surface area contributed by atoms with Crippen molar-refractivity contribution in [2.75, 3.05) is 7.05 Å². The summed E-state index contributed by atoms with van der Waals surface area (Å²) in [6.45, 7) is 2.01. The fourth-order valence-electron chi connectivity index (χ4n) is 1.92. The Morgan fingerprint density at radius 2 is 2.15 bits per heavy atom. The molecular formula is C9H14ClN3. The molecule has 0 spiro atoms. The van der Waals surface area contributed by atoms with E-state index in [-0.39, 0.29) is 5.54 Å². The van der Waals surface area contributed by atoms with Gasteiger partial charge in [0.15, 0.2) is 0 Å². The molecule has 0 aliphatic heterocycles. The maximum atomic E-state index is 6.18. The second-order valence-corrected chi connectivity index (χ2v) is 4.06. The molecule has 1 aromatic rings. The SMILES string of the molecule is CNC1(c2c(C)nn(C)c2Cl)CC1. The molecule has 0 radical (unpaired) electrons. The summed E-state index contributed by atoms with van der Waals surface area (Å²) in [5.74, 6) is 0. The summed E-state index contributed by atoms with van der Waals surface area (Å²) in [5, 5.41) is 8.40. The molecule has 1 aromatic heterocycles. The van der Waals surface area contributed by atoms with Crippen molar-refractivity contribution in [3.63, 3.8) is 0 Å². The first-order valence-corrected chi connectivity index (χ1v) is 4.87. The Hall–Kier alpha value is -0.540. The standard InChI is InChI=1S/C9H14ClN3/c1-6-7(8(10)13(3)12-6)9(11-2)4-5-9/h11H,4-5H2,1-3H3. The van der Waals surface area contributed by atoms with E-state index < -0.39 is 0 Å². The minimum atomic E-state index is 0.120. The predicted octanol–water partition coefficient (Wildman–Crippen LogP) is 1.59. The monoisotopic (exact) mass is 199 g/mol. The maximum Gasteiger partial charge on any atom is 0.132 e. The molecule has 1 aliphatic rings. The Balaban J connectivity index is 2.50. The normalized spacial score (nSPS) is 19.1. The van der Waals surface area contributed by atoms with E-state index in [0.29, 0.717) is 0 Å². The molecule has 1 aliphatic carbocycles. The lowest BCUT2D eigenvalue weighted by atomic mass is 10.1. The maximum absolute atomic E-state index is 6.18. The highest BCUT2D eigenvalue weighted by molar-refractivity contribution is 6.30. The average Bonchev–Trinajstić information content (AvgIpc) is 2.81. The van der Waals surface area contributed by atoms with Crippen LogP contribution in [0.25, 0.3) is 0 Å². The molecule has 1 saturated carbocycles. The van der Waals surface area contributed by atoms with Crippen molar-refractivity contribution >= 4 is 11.6 Å². The van der Waals surface area contributed by atoms with Gasteiger partial charge in [0.05, 0.1) is 5.69 Å². The van der Waals surface area contributed by atoms with Gasteiger partial charge in [0.25, 0.3) is 0 Å². The number of rotatable bonds is 2. The molecule has 2 rings (SSSR count). The third-order valence-electron chi connectivity index (χ3n) is 2.86. The van der Waals surface area contributed by atoms with Crippen LogP contribution in [0.4, 0.5) is 0 Å². The Morgan fingerprint density at radius 1 is 1.54 bits per heavy atom. The number of halogens is 1. The second-order valence-electron chi connectivity index (χ2n) is 3.71. The Labute approximate surface area is 83.1 Å². The number of nitrogens with one attached hydrogen (secondary N) is 1. The Bertz CT molecular complexity index is 339. The van der Waals surface area contributed by atoms with Crippen LogP contribution < -0.4 is 5.32 Å². The first-order chi connectivity index (χ1) is 6.10. The van der Waals surface area contributed by atoms with Gasteiger partial charge < -0.3 is 5.32 Å². The molecular weight excluding hydrogens is 186 g/mol. The van der Waals surface area contributed by atoms with Crippen LogP contribution >= 0.6 is 11.6 Å². The Morgan fingerprint density at radius 3 is 2.46 bits per heavy atom. The molecule has 0 saturated heterocycles. The van der Waals surface area contributed by atoms with Gasteiger partial charge in [-0.2, -0.15) is 5.10 Å². The van der Waals surface area contributed by atoms with Crippen molar-refractivity contribution in [3.05, 3.63) is 16.4 Å². The van der Waals surface area contributed by atoms with E-state index in [0.717, 1.165) is 23.7 Å². The lowest BCUT2D eigenvalue weighted by molar-refractivity contribution is 0.582. The van der Waals surface area contributed by atoms with Crippen LogP contribution in [0.2, 0.25) is 5.15 Å². The molecule has 0 aromatic carbocycles. The highest BCUT2D eigenvalue weighted by atomic mass is 35.5. The van der Waals surface area contributed by atoms with Crippen LogP contribution in [0.3, 0.4) is 0 Å². The zero-order chi connectivity index (χ0) is 9.64. The third-order valence-corrected chi connectivity index (χ3v) is 3.29. The van der Waals surface area contributed by atoms with Crippen molar-refractivity contribution in [2.45, 2.75) is 25.3 Å². The van der Waals surface area contributed by atoms with Crippen molar-refractivity contribution in [1.82, 2.24) is 15.1 Å². The quantitative estimate of drug-likeness (QED) is 0.784. The molecule has 0 amide bonds. The van der Waals surface area contributed by atoms with Crippen LogP contribution in [0.1, 0.15) is 24.1 Å². The summed E-state index contributed by atoms with van der Waals surface area (Å²) < 4.78 is 1.74. The fourth-order valence-corrected chi connectivity index (χ4v) is 2.28. The van der Waals surface area contributed by atoms with Gasteiger partial charge in [-0.1, -0.05) is 11.6 Å². The van der Waals surface area contributed by atoms with Gasteiger partial charge in [0, 0.05) is 18.2 Å². The van der Waals surface area contributed by atoms with Gasteiger partial charge in [-0.3, -0.25) is 4.68 Å². The minimum absolute atomic E-state index is 0.120. The number of nitrogens with zero attached hydrogens (tertiary/aromatic N) is 2. The van der Waals surface area contributed by atoms with Crippen LogP contribution in [0.15, 0.2) is 0 Å². The van der Waals surface area contributed by atoms with E-state index in [1.807, 2.05) is 21.0 Å². The second kappa shape index (κ2) is 2.72. The lowest BCUT2D eigenvalue weighted by Gasteiger charge is -2.13. The van der Waals surface area contributed by atoms with Gasteiger partial charge in [0.1, 0.15) is 5.15 Å². The summed E-state index contributed by atoms with van der Waals surface area (Å²) in [7, 11) is 3.86. The molecule has 0 bridgehead atoms. The zero-order valence-corrected chi connectivity index (χ0v) is 8.94. The summed E-state index contributed by atoms with van der Waals surface area (Å²) in [5.41, 5.74) is 2.34. The van der Waals surface area contributed by atoms with E-state index in [1.54, 1.807) is 4.68 Å². The number of hydrogen-bond donors (Lipinski definition) is 1. The smallest absolute Gasteiger partial charge is 0.132 e. The summed E-state index contributed by atoms with van der Waals surface area (Å²) in [6, 6.07) is 0. The van der Waals surface area contributed by atoms with Crippen LogP contribution in [-0.2, 0) is 12.6 Å². The number of aryl methyl sites for hydroxylation is 2. The third kappa shape index (κ3) is 1.18. The van der Waals surface area contributed by atoms with Gasteiger partial charge in [-0.15, -0.1) is 0 Å². The van der Waals surface area contributed by atoms with Gasteiger partial charge in [0.2, 0.25) is 0 Å². The first-order valence-electron chi connectivity index (χ1n) is 4.49. The zero-order valence-electron chi connectivity index (χ0n) is 8.19. The molecule has 3 nitrogen and oxygen atoms in total. The Kier molecular flexibility index (Phi) is 1.89. The van der Waals surface area contributed by atoms with Gasteiger partial charge in [-0.05, 0) is 26.8 Å². The lowest BCUT2D eigenvalue weighted by Crippen LogP contribution is -2.25. The molecule has 72 valence electrons. The van der Waals surface area contributed by atoms with Crippen LogP contribution in [0.5, 0.6) is 0 Å². The molecule has 0 atom stereocenters. The largest absolute Gasteiger partial charge is 0.310 e. The molecule has 13 heavy (non-hydrogen) atoms. The molecule has 0 unspecified atom stereocenters. The van der Waals surface area contributed by atoms with E-state index in [1.165, 1.54) is 5.56 Å².